The van der Waals surface area contributed by atoms with E-state index in [2.05, 4.69) is 0 Å². The number of aryl methyl sites for hydroxylation is 1. The molecule has 0 atom stereocenters. The number of ether oxygens (including phenoxy) is 2. The van der Waals surface area contributed by atoms with Gasteiger partial charge in [-0.1, -0.05) is 31.4 Å². The lowest BCUT2D eigenvalue weighted by molar-refractivity contribution is -0.136. The Labute approximate surface area is 138 Å². The number of unbranched alkanes of at least 4 members (excludes halogenated alkanes) is 1. The number of carbonyl (C=O) groups is 1. The van der Waals surface area contributed by atoms with Gasteiger partial charge >= 0.3 is 5.97 Å². The molecule has 1 fully saturated rings. The number of aliphatic carboxylic acids is 1. The smallest absolute Gasteiger partial charge is 0.303 e. The second-order valence-corrected chi connectivity index (χ2v) is 6.22. The molecule has 4 nitrogen and oxygen atoms in total. The molecule has 4 heteroatoms. The lowest BCUT2D eigenvalue weighted by Gasteiger charge is -2.21. The fourth-order valence-corrected chi connectivity index (χ4v) is 2.88. The minimum Gasteiger partial charge on any atom is -0.494 e. The molecule has 128 valence electrons. The molecule has 0 aliphatic heterocycles. The summed E-state index contributed by atoms with van der Waals surface area (Å²) in [7, 11) is 0. The summed E-state index contributed by atoms with van der Waals surface area (Å²) in [5, 5.41) is 8.66. The Morgan fingerprint density at radius 1 is 1.04 bits per heavy atom. The maximum absolute atomic E-state index is 10.5. The highest BCUT2D eigenvalue weighted by molar-refractivity contribution is 5.67. The van der Waals surface area contributed by atoms with Crippen molar-refractivity contribution < 1.29 is 19.4 Å². The first kappa shape index (κ1) is 17.8. The highest BCUT2D eigenvalue weighted by atomic mass is 16.5. The standard InChI is InChI=1S/C19H28O4/c20-19(21)13-10-16-8-11-18(12-9-16)23-15-5-4-14-22-17-6-2-1-3-7-17/h8-9,11-12,17H,1-7,10,13-15H2,(H,20,21). The monoisotopic (exact) mass is 320 g/mol. The third-order valence-electron chi connectivity index (χ3n) is 4.26. The molecule has 0 spiro atoms. The maximum Gasteiger partial charge on any atom is 0.303 e. The molecular formula is C19H28O4. The molecule has 0 radical (unpaired) electrons. The molecule has 1 aromatic rings. The average Bonchev–Trinajstić information content (AvgIpc) is 2.58. The highest BCUT2D eigenvalue weighted by Gasteiger charge is 2.12. The van der Waals surface area contributed by atoms with E-state index in [9.17, 15) is 4.79 Å². The van der Waals surface area contributed by atoms with Crippen LogP contribution in [0.3, 0.4) is 0 Å². The maximum atomic E-state index is 10.5. The zero-order chi connectivity index (χ0) is 16.3. The van der Waals surface area contributed by atoms with E-state index in [1.54, 1.807) is 0 Å². The highest BCUT2D eigenvalue weighted by Crippen LogP contribution is 2.20. The summed E-state index contributed by atoms with van der Waals surface area (Å²) in [6.07, 6.45) is 9.70. The Bertz CT molecular complexity index is 449. The third kappa shape index (κ3) is 7.51. The second-order valence-electron chi connectivity index (χ2n) is 6.22. The van der Waals surface area contributed by atoms with Gasteiger partial charge in [-0.25, -0.2) is 0 Å². The zero-order valence-electron chi connectivity index (χ0n) is 13.8. The van der Waals surface area contributed by atoms with E-state index in [0.29, 0.717) is 19.1 Å². The van der Waals surface area contributed by atoms with Gasteiger partial charge in [0.05, 0.1) is 12.7 Å². The third-order valence-corrected chi connectivity index (χ3v) is 4.26. The lowest BCUT2D eigenvalue weighted by atomic mass is 9.98. The Balaban J connectivity index is 1.52. The first-order valence-electron chi connectivity index (χ1n) is 8.79. The van der Waals surface area contributed by atoms with Crippen LogP contribution in [-0.4, -0.2) is 30.4 Å². The van der Waals surface area contributed by atoms with Gasteiger partial charge in [-0.3, -0.25) is 4.79 Å². The van der Waals surface area contributed by atoms with E-state index in [1.165, 1.54) is 32.1 Å². The normalized spacial score (nSPS) is 15.5. The first-order valence-corrected chi connectivity index (χ1v) is 8.79. The molecule has 1 aromatic carbocycles. The van der Waals surface area contributed by atoms with Gasteiger partial charge in [0.1, 0.15) is 5.75 Å². The number of benzene rings is 1. The summed E-state index contributed by atoms with van der Waals surface area (Å²) < 4.78 is 11.6. The van der Waals surface area contributed by atoms with Gasteiger partial charge in [-0.15, -0.1) is 0 Å². The van der Waals surface area contributed by atoms with E-state index in [4.69, 9.17) is 14.6 Å². The van der Waals surface area contributed by atoms with E-state index in [0.717, 1.165) is 30.8 Å². The Kier molecular flexibility index (Phi) is 7.95. The molecule has 1 aliphatic carbocycles. The molecule has 2 rings (SSSR count). The molecule has 1 saturated carbocycles. The van der Waals surface area contributed by atoms with Gasteiger partial charge in [0.2, 0.25) is 0 Å². The lowest BCUT2D eigenvalue weighted by Crippen LogP contribution is -2.17. The van der Waals surface area contributed by atoms with E-state index in [1.807, 2.05) is 24.3 Å². The van der Waals surface area contributed by atoms with Gasteiger partial charge < -0.3 is 14.6 Å². The van der Waals surface area contributed by atoms with Crippen molar-refractivity contribution in [2.24, 2.45) is 0 Å². The number of hydrogen-bond donors (Lipinski definition) is 1. The van der Waals surface area contributed by atoms with E-state index >= 15 is 0 Å². The van der Waals surface area contributed by atoms with Gasteiger partial charge in [-0.2, -0.15) is 0 Å². The first-order chi connectivity index (χ1) is 11.2. The molecule has 0 amide bonds. The molecule has 0 saturated heterocycles. The fourth-order valence-electron chi connectivity index (χ4n) is 2.88. The molecule has 0 bridgehead atoms. The largest absolute Gasteiger partial charge is 0.494 e. The van der Waals surface area contributed by atoms with Crippen molar-refractivity contribution in [1.82, 2.24) is 0 Å². The zero-order valence-corrected chi connectivity index (χ0v) is 13.8. The quantitative estimate of drug-likeness (QED) is 0.656. The van der Waals surface area contributed by atoms with Crippen molar-refractivity contribution in [3.8, 4) is 5.75 Å². The van der Waals surface area contributed by atoms with Gasteiger partial charge in [0.15, 0.2) is 0 Å². The number of rotatable bonds is 10. The van der Waals surface area contributed by atoms with Crippen LogP contribution < -0.4 is 4.74 Å². The van der Waals surface area contributed by atoms with Crippen molar-refractivity contribution in [2.75, 3.05) is 13.2 Å². The summed E-state index contributed by atoms with van der Waals surface area (Å²) in [5.74, 6) is 0.0815. The molecule has 23 heavy (non-hydrogen) atoms. The van der Waals surface area contributed by atoms with Crippen LogP contribution in [0.4, 0.5) is 0 Å². The fraction of sp³-hybridized carbons (Fsp3) is 0.632. The molecule has 1 aliphatic rings. The van der Waals surface area contributed by atoms with Gasteiger partial charge in [0, 0.05) is 13.0 Å². The van der Waals surface area contributed by atoms with Crippen molar-refractivity contribution in [1.29, 1.82) is 0 Å². The number of carboxylic acid groups (broad SMARTS) is 1. The van der Waals surface area contributed by atoms with Crippen LogP contribution in [-0.2, 0) is 16.0 Å². The summed E-state index contributed by atoms with van der Waals surface area (Å²) >= 11 is 0. The number of hydrogen-bond acceptors (Lipinski definition) is 3. The summed E-state index contributed by atoms with van der Waals surface area (Å²) in [5.41, 5.74) is 1.03. The van der Waals surface area contributed by atoms with Crippen molar-refractivity contribution in [3.05, 3.63) is 29.8 Å². The SMILES string of the molecule is O=C(O)CCc1ccc(OCCCCOC2CCCCC2)cc1. The minimum absolute atomic E-state index is 0.168. The topological polar surface area (TPSA) is 55.8 Å². The van der Waals surface area contributed by atoms with E-state index in [-0.39, 0.29) is 6.42 Å². The van der Waals surface area contributed by atoms with Crippen LogP contribution in [0.2, 0.25) is 0 Å². The van der Waals surface area contributed by atoms with Crippen LogP contribution >= 0.6 is 0 Å². The average molecular weight is 320 g/mol. The Morgan fingerprint density at radius 2 is 1.74 bits per heavy atom. The molecule has 0 aromatic heterocycles. The van der Waals surface area contributed by atoms with Crippen LogP contribution in [0.25, 0.3) is 0 Å². The van der Waals surface area contributed by atoms with Crippen molar-refractivity contribution in [3.63, 3.8) is 0 Å². The summed E-state index contributed by atoms with van der Waals surface area (Å²) in [6.45, 7) is 1.53. The van der Waals surface area contributed by atoms with Crippen LogP contribution in [0.5, 0.6) is 5.75 Å². The Hall–Kier alpha value is -1.55. The predicted molar refractivity (Wildman–Crippen MR) is 90.0 cm³/mol. The second kappa shape index (κ2) is 10.3. The van der Waals surface area contributed by atoms with Crippen LogP contribution in [0.1, 0.15) is 56.9 Å². The molecule has 0 heterocycles. The minimum atomic E-state index is -0.763. The van der Waals surface area contributed by atoms with Crippen LogP contribution in [0.15, 0.2) is 24.3 Å². The summed E-state index contributed by atoms with van der Waals surface area (Å²) in [6, 6.07) is 7.69. The van der Waals surface area contributed by atoms with E-state index < -0.39 is 5.97 Å². The summed E-state index contributed by atoms with van der Waals surface area (Å²) in [4.78, 5) is 10.5. The molecular weight excluding hydrogens is 292 g/mol. The van der Waals surface area contributed by atoms with Gasteiger partial charge in [-0.05, 0) is 49.8 Å². The van der Waals surface area contributed by atoms with Crippen molar-refractivity contribution in [2.45, 2.75) is 63.9 Å². The van der Waals surface area contributed by atoms with Crippen molar-refractivity contribution >= 4 is 5.97 Å². The Morgan fingerprint density at radius 3 is 2.43 bits per heavy atom. The number of carboxylic acids is 1. The molecule has 1 N–H and O–H groups in total. The predicted octanol–water partition coefficient (Wildman–Crippen LogP) is 4.21. The molecule has 0 unspecified atom stereocenters. The van der Waals surface area contributed by atoms with Crippen LogP contribution in [0, 0.1) is 0 Å². The van der Waals surface area contributed by atoms with Gasteiger partial charge in [0.25, 0.3) is 0 Å².